The van der Waals surface area contributed by atoms with Gasteiger partial charge >= 0.3 is 0 Å². The molecule has 3 heteroatoms. The average Bonchev–Trinajstić information content (AvgIpc) is 2.48. The molecule has 1 fully saturated rings. The predicted octanol–water partition coefficient (Wildman–Crippen LogP) is 3.06. The van der Waals surface area contributed by atoms with Crippen LogP contribution in [0.4, 0.5) is 0 Å². The molecule has 0 bridgehead atoms. The number of hydrogen-bond acceptors (Lipinski definition) is 3. The van der Waals surface area contributed by atoms with Gasteiger partial charge in [0.1, 0.15) is 5.75 Å². The maximum atomic E-state index is 5.33. The van der Waals surface area contributed by atoms with Crippen molar-refractivity contribution in [2.24, 2.45) is 0 Å². The summed E-state index contributed by atoms with van der Waals surface area (Å²) in [6, 6.07) is 7.04. The van der Waals surface area contributed by atoms with Gasteiger partial charge in [-0.15, -0.1) is 0 Å². The van der Waals surface area contributed by atoms with Gasteiger partial charge in [0, 0.05) is 19.1 Å². The van der Waals surface area contributed by atoms with E-state index in [1.807, 2.05) is 0 Å². The number of piperidine rings is 1. The number of ether oxygens (including phenoxy) is 1. The molecule has 0 aromatic heterocycles. The Morgan fingerprint density at radius 1 is 1.16 bits per heavy atom. The smallest absolute Gasteiger partial charge is 0.119 e. The van der Waals surface area contributed by atoms with Crippen LogP contribution in [0.1, 0.15) is 49.3 Å². The summed E-state index contributed by atoms with van der Waals surface area (Å²) in [6.45, 7) is 2.39. The second kappa shape index (κ2) is 5.93. The summed E-state index contributed by atoms with van der Waals surface area (Å²) < 4.78 is 5.33. The Bertz CT molecular complexity index is 427. The molecular formula is C16H24N2O. The highest BCUT2D eigenvalue weighted by Gasteiger charge is 2.23. The van der Waals surface area contributed by atoms with Gasteiger partial charge in [0.2, 0.25) is 0 Å². The molecule has 1 aliphatic carbocycles. The van der Waals surface area contributed by atoms with Gasteiger partial charge in [-0.1, -0.05) is 12.5 Å². The Morgan fingerprint density at radius 2 is 2.00 bits per heavy atom. The maximum Gasteiger partial charge on any atom is 0.119 e. The lowest BCUT2D eigenvalue weighted by molar-refractivity contribution is 0.122. The highest BCUT2D eigenvalue weighted by atomic mass is 16.5. The highest BCUT2D eigenvalue weighted by Crippen LogP contribution is 2.32. The first kappa shape index (κ1) is 12.9. The zero-order valence-electron chi connectivity index (χ0n) is 11.8. The largest absolute Gasteiger partial charge is 0.497 e. The monoisotopic (exact) mass is 260 g/mol. The van der Waals surface area contributed by atoms with Crippen molar-refractivity contribution in [1.82, 2.24) is 10.4 Å². The molecule has 1 heterocycles. The minimum absolute atomic E-state index is 0.493. The number of rotatable bonds is 3. The number of hydrazine groups is 1. The van der Waals surface area contributed by atoms with E-state index >= 15 is 0 Å². The van der Waals surface area contributed by atoms with Gasteiger partial charge in [0.05, 0.1) is 7.11 Å². The highest BCUT2D eigenvalue weighted by molar-refractivity contribution is 5.39. The van der Waals surface area contributed by atoms with E-state index in [9.17, 15) is 0 Å². The normalized spacial score (nSPS) is 23.9. The number of nitrogens with one attached hydrogen (secondary N) is 1. The molecule has 1 atom stereocenters. The van der Waals surface area contributed by atoms with Crippen LogP contribution >= 0.6 is 0 Å². The third kappa shape index (κ3) is 2.93. The maximum absolute atomic E-state index is 5.33. The number of nitrogens with zero attached hydrogens (tertiary/aromatic N) is 1. The van der Waals surface area contributed by atoms with Crippen LogP contribution in [0.2, 0.25) is 0 Å². The summed E-state index contributed by atoms with van der Waals surface area (Å²) in [7, 11) is 1.74. The van der Waals surface area contributed by atoms with Crippen molar-refractivity contribution in [3.05, 3.63) is 29.3 Å². The van der Waals surface area contributed by atoms with Crippen LogP contribution in [-0.2, 0) is 6.42 Å². The van der Waals surface area contributed by atoms with E-state index < -0.39 is 0 Å². The van der Waals surface area contributed by atoms with Crippen LogP contribution in [0.5, 0.6) is 5.75 Å². The summed E-state index contributed by atoms with van der Waals surface area (Å²) >= 11 is 0. The molecule has 3 rings (SSSR count). The number of fused-ring (bicyclic) bond motifs is 1. The molecule has 0 amide bonds. The van der Waals surface area contributed by atoms with Crippen molar-refractivity contribution in [2.45, 2.75) is 44.6 Å². The standard InChI is InChI=1S/C16H24N2O/c1-19-14-8-9-15-13(12-14)6-5-7-16(15)17-18-10-3-2-4-11-18/h8-9,12,16-17H,2-7,10-11H2,1H3. The van der Waals surface area contributed by atoms with Crippen LogP contribution in [0.3, 0.4) is 0 Å². The van der Waals surface area contributed by atoms with Crippen molar-refractivity contribution in [3.63, 3.8) is 0 Å². The Hall–Kier alpha value is -1.06. The molecule has 19 heavy (non-hydrogen) atoms. The van der Waals surface area contributed by atoms with E-state index in [-0.39, 0.29) is 0 Å². The van der Waals surface area contributed by atoms with Crippen LogP contribution in [0.15, 0.2) is 18.2 Å². The molecule has 2 aliphatic rings. The Morgan fingerprint density at radius 3 is 2.79 bits per heavy atom. The van der Waals surface area contributed by atoms with E-state index in [1.54, 1.807) is 7.11 Å². The van der Waals surface area contributed by atoms with Gasteiger partial charge in [-0.25, -0.2) is 10.4 Å². The van der Waals surface area contributed by atoms with Crippen LogP contribution in [0, 0.1) is 0 Å². The van der Waals surface area contributed by atoms with Crippen molar-refractivity contribution >= 4 is 0 Å². The Balaban J connectivity index is 1.74. The van der Waals surface area contributed by atoms with Crippen molar-refractivity contribution in [2.75, 3.05) is 20.2 Å². The van der Waals surface area contributed by atoms with Crippen molar-refractivity contribution in [3.8, 4) is 5.75 Å². The lowest BCUT2D eigenvalue weighted by Crippen LogP contribution is -2.44. The molecular weight excluding hydrogens is 236 g/mol. The van der Waals surface area contributed by atoms with Gasteiger partial charge in [-0.2, -0.15) is 0 Å². The molecule has 3 nitrogen and oxygen atoms in total. The minimum Gasteiger partial charge on any atom is -0.497 e. The molecule has 1 aliphatic heterocycles. The number of aryl methyl sites for hydroxylation is 1. The van der Waals surface area contributed by atoms with Gasteiger partial charge in [0.25, 0.3) is 0 Å². The molecule has 1 unspecified atom stereocenters. The summed E-state index contributed by atoms with van der Waals surface area (Å²) in [4.78, 5) is 0. The van der Waals surface area contributed by atoms with Gasteiger partial charge in [-0.3, -0.25) is 0 Å². The first-order valence-corrected chi connectivity index (χ1v) is 7.55. The van der Waals surface area contributed by atoms with Crippen LogP contribution < -0.4 is 10.2 Å². The first-order valence-electron chi connectivity index (χ1n) is 7.55. The Kier molecular flexibility index (Phi) is 4.04. The fourth-order valence-electron chi connectivity index (χ4n) is 3.30. The number of methoxy groups -OCH3 is 1. The quantitative estimate of drug-likeness (QED) is 0.904. The number of hydrogen-bond donors (Lipinski definition) is 1. The molecule has 1 aromatic carbocycles. The van der Waals surface area contributed by atoms with Gasteiger partial charge < -0.3 is 4.74 Å². The van der Waals surface area contributed by atoms with Crippen LogP contribution in [0.25, 0.3) is 0 Å². The summed E-state index contributed by atoms with van der Waals surface area (Å²) in [6.07, 6.45) is 7.74. The van der Waals surface area contributed by atoms with E-state index in [4.69, 9.17) is 4.74 Å². The molecule has 0 saturated carbocycles. The summed E-state index contributed by atoms with van der Waals surface area (Å²) in [5.41, 5.74) is 6.67. The zero-order chi connectivity index (χ0) is 13.1. The molecule has 1 saturated heterocycles. The summed E-state index contributed by atoms with van der Waals surface area (Å²) in [5, 5.41) is 2.42. The van der Waals surface area contributed by atoms with Gasteiger partial charge in [-0.05, 0) is 55.4 Å². The third-order valence-electron chi connectivity index (χ3n) is 4.36. The predicted molar refractivity (Wildman–Crippen MR) is 77.2 cm³/mol. The molecule has 0 spiro atoms. The topological polar surface area (TPSA) is 24.5 Å². The Labute approximate surface area is 115 Å². The zero-order valence-corrected chi connectivity index (χ0v) is 11.8. The average molecular weight is 260 g/mol. The lowest BCUT2D eigenvalue weighted by Gasteiger charge is -2.34. The fourth-order valence-corrected chi connectivity index (χ4v) is 3.30. The minimum atomic E-state index is 0.493. The van der Waals surface area contributed by atoms with E-state index in [2.05, 4.69) is 28.6 Å². The second-order valence-corrected chi connectivity index (χ2v) is 5.69. The SMILES string of the molecule is COc1ccc2c(c1)CCCC2NN1CCCCC1. The van der Waals surface area contributed by atoms with E-state index in [0.29, 0.717) is 6.04 Å². The van der Waals surface area contributed by atoms with Crippen molar-refractivity contribution in [1.29, 1.82) is 0 Å². The van der Waals surface area contributed by atoms with E-state index in [0.717, 1.165) is 5.75 Å². The molecule has 1 N–H and O–H groups in total. The first-order chi connectivity index (χ1) is 9.36. The second-order valence-electron chi connectivity index (χ2n) is 5.69. The van der Waals surface area contributed by atoms with E-state index in [1.165, 1.54) is 62.7 Å². The van der Waals surface area contributed by atoms with Crippen LogP contribution in [-0.4, -0.2) is 25.2 Å². The number of benzene rings is 1. The fraction of sp³-hybridized carbons (Fsp3) is 0.625. The third-order valence-corrected chi connectivity index (χ3v) is 4.36. The molecule has 1 aromatic rings. The summed E-state index contributed by atoms with van der Waals surface area (Å²) in [5.74, 6) is 0.984. The van der Waals surface area contributed by atoms with Gasteiger partial charge in [0.15, 0.2) is 0 Å². The van der Waals surface area contributed by atoms with Crippen molar-refractivity contribution < 1.29 is 4.74 Å². The molecule has 104 valence electrons. The lowest BCUT2D eigenvalue weighted by atomic mass is 9.88. The molecule has 0 radical (unpaired) electrons.